The maximum absolute atomic E-state index is 11.6. The van der Waals surface area contributed by atoms with Crippen molar-refractivity contribution in [3.63, 3.8) is 0 Å². The van der Waals surface area contributed by atoms with Gasteiger partial charge in [-0.2, -0.15) is 0 Å². The number of aliphatic carboxylic acids is 1. The van der Waals surface area contributed by atoms with E-state index in [1.54, 1.807) is 43.5 Å². The van der Waals surface area contributed by atoms with Gasteiger partial charge in [-0.15, -0.1) is 0 Å². The van der Waals surface area contributed by atoms with E-state index >= 15 is 0 Å². The van der Waals surface area contributed by atoms with Gasteiger partial charge >= 0.3 is 5.97 Å². The fraction of sp³-hybridized carbons (Fsp3) is 0.167. The van der Waals surface area contributed by atoms with Crippen LogP contribution in [0, 0.1) is 0 Å². The molecule has 0 saturated heterocycles. The highest BCUT2D eigenvalue weighted by Crippen LogP contribution is 2.29. The molecule has 0 aliphatic heterocycles. The highest BCUT2D eigenvalue weighted by molar-refractivity contribution is 6.20. The van der Waals surface area contributed by atoms with Gasteiger partial charge in [-0.3, -0.25) is 0 Å². The van der Waals surface area contributed by atoms with E-state index < -0.39 is 5.97 Å². The molecule has 114 valence electrons. The number of hydrogen-bond donors (Lipinski definition) is 1. The van der Waals surface area contributed by atoms with Crippen LogP contribution in [0.3, 0.4) is 0 Å². The number of methoxy groups -OCH3 is 1. The Morgan fingerprint density at radius 3 is 2.50 bits per heavy atom. The Bertz CT molecular complexity index is 675. The summed E-state index contributed by atoms with van der Waals surface area (Å²) in [6.45, 7) is 2.37. The van der Waals surface area contributed by atoms with Crippen molar-refractivity contribution >= 4 is 17.6 Å². The van der Waals surface area contributed by atoms with Gasteiger partial charge in [0.2, 0.25) is 0 Å². The molecule has 0 saturated carbocycles. The van der Waals surface area contributed by atoms with Crippen LogP contribution in [0.25, 0.3) is 11.6 Å². The van der Waals surface area contributed by atoms with Crippen molar-refractivity contribution in [3.05, 3.63) is 59.7 Å². The van der Waals surface area contributed by atoms with Crippen LogP contribution in [0.5, 0.6) is 11.5 Å². The Morgan fingerprint density at radius 2 is 1.91 bits per heavy atom. The summed E-state index contributed by atoms with van der Waals surface area (Å²) in [5, 5.41) is 9.48. The first-order chi connectivity index (χ1) is 10.7. The van der Waals surface area contributed by atoms with E-state index in [0.717, 1.165) is 0 Å². The van der Waals surface area contributed by atoms with Crippen LogP contribution >= 0.6 is 0 Å². The van der Waals surface area contributed by atoms with Crippen LogP contribution in [-0.4, -0.2) is 24.8 Å². The lowest BCUT2D eigenvalue weighted by Crippen LogP contribution is -2.01. The molecular weight excluding hydrogens is 280 g/mol. The van der Waals surface area contributed by atoms with Crippen LogP contribution < -0.4 is 9.47 Å². The van der Waals surface area contributed by atoms with Gasteiger partial charge in [-0.25, -0.2) is 4.79 Å². The van der Waals surface area contributed by atoms with Crippen molar-refractivity contribution in [2.75, 3.05) is 13.7 Å². The fourth-order valence-corrected chi connectivity index (χ4v) is 2.08. The van der Waals surface area contributed by atoms with E-state index in [1.807, 2.05) is 25.1 Å². The zero-order valence-corrected chi connectivity index (χ0v) is 12.6. The maximum Gasteiger partial charge on any atom is 0.336 e. The van der Waals surface area contributed by atoms with E-state index in [-0.39, 0.29) is 5.57 Å². The Kier molecular flexibility index (Phi) is 5.20. The molecule has 0 fully saturated rings. The predicted octanol–water partition coefficient (Wildman–Crippen LogP) is 3.72. The molecule has 0 aliphatic carbocycles. The van der Waals surface area contributed by atoms with E-state index in [2.05, 4.69) is 0 Å². The number of benzene rings is 2. The lowest BCUT2D eigenvalue weighted by atomic mass is 10.0. The molecule has 1 N–H and O–H groups in total. The summed E-state index contributed by atoms with van der Waals surface area (Å²) < 4.78 is 10.8. The molecule has 0 radical (unpaired) electrons. The summed E-state index contributed by atoms with van der Waals surface area (Å²) in [6.07, 6.45) is 1.61. The summed E-state index contributed by atoms with van der Waals surface area (Å²) in [4.78, 5) is 11.6. The molecule has 0 amide bonds. The van der Waals surface area contributed by atoms with Gasteiger partial charge < -0.3 is 14.6 Å². The van der Waals surface area contributed by atoms with Gasteiger partial charge in [0.15, 0.2) is 0 Å². The van der Waals surface area contributed by atoms with Crippen molar-refractivity contribution < 1.29 is 19.4 Å². The Hall–Kier alpha value is -2.75. The number of carboxylic acid groups (broad SMARTS) is 1. The van der Waals surface area contributed by atoms with Crippen molar-refractivity contribution in [3.8, 4) is 11.5 Å². The second kappa shape index (κ2) is 7.31. The minimum atomic E-state index is -0.982. The average molecular weight is 298 g/mol. The minimum absolute atomic E-state index is 0.215. The third-order valence-electron chi connectivity index (χ3n) is 3.14. The molecule has 4 nitrogen and oxygen atoms in total. The first-order valence-corrected chi connectivity index (χ1v) is 6.97. The average Bonchev–Trinajstić information content (AvgIpc) is 2.54. The van der Waals surface area contributed by atoms with Gasteiger partial charge in [-0.1, -0.05) is 30.3 Å². The molecule has 0 bridgehead atoms. The van der Waals surface area contributed by atoms with Crippen LogP contribution in [0.4, 0.5) is 0 Å². The van der Waals surface area contributed by atoms with Crippen molar-refractivity contribution in [2.24, 2.45) is 0 Å². The molecule has 2 rings (SSSR count). The molecular formula is C18H18O4. The Labute approximate surface area is 129 Å². The highest BCUT2D eigenvalue weighted by Gasteiger charge is 2.12. The molecule has 0 spiro atoms. The van der Waals surface area contributed by atoms with Gasteiger partial charge in [-0.05, 0) is 30.7 Å². The lowest BCUT2D eigenvalue weighted by molar-refractivity contribution is -0.130. The smallest absolute Gasteiger partial charge is 0.336 e. The number of carbonyl (C=O) groups is 1. The second-order valence-corrected chi connectivity index (χ2v) is 4.57. The fourth-order valence-electron chi connectivity index (χ4n) is 2.08. The first kappa shape index (κ1) is 15.6. The lowest BCUT2D eigenvalue weighted by Gasteiger charge is -2.10. The summed E-state index contributed by atoms with van der Waals surface area (Å²) in [5.74, 6) is 0.276. The molecule has 22 heavy (non-hydrogen) atoms. The SMILES string of the molecule is CCOc1cc(OC)ccc1/C=C(\C(=O)O)c1ccccc1. The van der Waals surface area contributed by atoms with Crippen LogP contribution in [0.2, 0.25) is 0 Å². The summed E-state index contributed by atoms with van der Waals surface area (Å²) >= 11 is 0. The van der Waals surface area contributed by atoms with Crippen molar-refractivity contribution in [1.82, 2.24) is 0 Å². The van der Waals surface area contributed by atoms with Crippen LogP contribution in [0.15, 0.2) is 48.5 Å². The van der Waals surface area contributed by atoms with E-state index in [1.165, 1.54) is 0 Å². The minimum Gasteiger partial charge on any atom is -0.497 e. The zero-order chi connectivity index (χ0) is 15.9. The molecule has 2 aromatic carbocycles. The Balaban J connectivity index is 2.50. The standard InChI is InChI=1S/C18H18O4/c1-3-22-17-12-15(21-2)10-9-14(17)11-16(18(19)20)13-7-5-4-6-8-13/h4-12H,3H2,1-2H3,(H,19,20)/b16-11-. The number of ether oxygens (including phenoxy) is 2. The highest BCUT2D eigenvalue weighted by atomic mass is 16.5. The van der Waals surface area contributed by atoms with E-state index in [0.29, 0.717) is 29.2 Å². The molecule has 0 aliphatic rings. The van der Waals surface area contributed by atoms with Crippen molar-refractivity contribution in [1.29, 1.82) is 0 Å². The number of rotatable bonds is 6. The van der Waals surface area contributed by atoms with Gasteiger partial charge in [0.05, 0.1) is 19.3 Å². The third kappa shape index (κ3) is 3.67. The molecule has 0 heterocycles. The largest absolute Gasteiger partial charge is 0.497 e. The first-order valence-electron chi connectivity index (χ1n) is 6.97. The molecule has 0 unspecified atom stereocenters. The molecule has 4 heteroatoms. The summed E-state index contributed by atoms with van der Waals surface area (Å²) in [5.41, 5.74) is 1.56. The second-order valence-electron chi connectivity index (χ2n) is 4.57. The van der Waals surface area contributed by atoms with Crippen LogP contribution in [0.1, 0.15) is 18.1 Å². The third-order valence-corrected chi connectivity index (χ3v) is 3.14. The Morgan fingerprint density at radius 1 is 1.18 bits per heavy atom. The van der Waals surface area contributed by atoms with Gasteiger partial charge in [0.25, 0.3) is 0 Å². The molecule has 0 aromatic heterocycles. The van der Waals surface area contributed by atoms with Gasteiger partial charge in [0, 0.05) is 11.6 Å². The molecule has 2 aromatic rings. The summed E-state index contributed by atoms with van der Waals surface area (Å²) in [6, 6.07) is 14.3. The topological polar surface area (TPSA) is 55.8 Å². The monoisotopic (exact) mass is 298 g/mol. The number of carboxylic acids is 1. The number of hydrogen-bond acceptors (Lipinski definition) is 3. The van der Waals surface area contributed by atoms with Crippen LogP contribution in [-0.2, 0) is 4.79 Å². The van der Waals surface area contributed by atoms with Gasteiger partial charge in [0.1, 0.15) is 11.5 Å². The zero-order valence-electron chi connectivity index (χ0n) is 12.6. The maximum atomic E-state index is 11.6. The van der Waals surface area contributed by atoms with Crippen molar-refractivity contribution in [2.45, 2.75) is 6.92 Å². The molecule has 0 atom stereocenters. The van der Waals surface area contributed by atoms with E-state index in [4.69, 9.17) is 9.47 Å². The normalized spacial score (nSPS) is 11.1. The summed E-state index contributed by atoms with van der Waals surface area (Å²) in [7, 11) is 1.58. The predicted molar refractivity (Wildman–Crippen MR) is 86.1 cm³/mol. The van der Waals surface area contributed by atoms with E-state index in [9.17, 15) is 9.90 Å². The quantitative estimate of drug-likeness (QED) is 0.652.